The maximum atomic E-state index is 14.4. The highest BCUT2D eigenvalue weighted by molar-refractivity contribution is 5.97. The number of anilines is 1. The lowest BCUT2D eigenvalue weighted by molar-refractivity contribution is -0.607. The van der Waals surface area contributed by atoms with Crippen molar-refractivity contribution in [3.05, 3.63) is 58.6 Å². The van der Waals surface area contributed by atoms with Gasteiger partial charge < -0.3 is 25.7 Å². The van der Waals surface area contributed by atoms with E-state index in [2.05, 4.69) is 5.32 Å². The third-order valence-electron chi connectivity index (χ3n) is 6.01. The average molecular weight is 489 g/mol. The van der Waals surface area contributed by atoms with Crippen LogP contribution in [0.1, 0.15) is 35.8 Å². The number of methoxy groups -OCH3 is 1. The van der Waals surface area contributed by atoms with E-state index in [0.29, 0.717) is 6.07 Å². The van der Waals surface area contributed by atoms with Crippen LogP contribution in [0.5, 0.6) is 5.75 Å². The van der Waals surface area contributed by atoms with Gasteiger partial charge in [-0.1, -0.05) is 13.0 Å². The van der Waals surface area contributed by atoms with Gasteiger partial charge >= 0.3 is 12.1 Å². The number of nitrogens with zero attached hydrogens (tertiary/aromatic N) is 1. The Hall–Kier alpha value is -3.48. The van der Waals surface area contributed by atoms with Crippen molar-refractivity contribution in [1.29, 1.82) is 0 Å². The van der Waals surface area contributed by atoms with Gasteiger partial charge in [-0.25, -0.2) is 4.39 Å². The number of hydrogen-bond donors (Lipinski definition) is 2. The fraction of sp³-hybridized carbons (Fsp3) is 0.381. The molecule has 1 aromatic carbocycles. The summed E-state index contributed by atoms with van der Waals surface area (Å²) in [7, 11) is 1.01. The third-order valence-corrected chi connectivity index (χ3v) is 6.01. The van der Waals surface area contributed by atoms with Crippen molar-refractivity contribution in [2.24, 2.45) is 11.7 Å². The summed E-state index contributed by atoms with van der Waals surface area (Å²) in [5.74, 6) is -8.43. The minimum Gasteiger partial charge on any atom is -0.618 e. The molecule has 34 heavy (non-hydrogen) atoms. The van der Waals surface area contributed by atoms with Crippen LogP contribution in [0.15, 0.2) is 30.5 Å². The molecule has 184 valence electrons. The van der Waals surface area contributed by atoms with Crippen LogP contribution in [-0.4, -0.2) is 36.8 Å². The van der Waals surface area contributed by atoms with Gasteiger partial charge in [0.2, 0.25) is 5.82 Å². The van der Waals surface area contributed by atoms with E-state index in [9.17, 15) is 36.7 Å². The fourth-order valence-electron chi connectivity index (χ4n) is 4.00. The molecule has 2 aromatic rings. The Morgan fingerprint density at radius 1 is 1.26 bits per heavy atom. The predicted molar refractivity (Wildman–Crippen MR) is 107 cm³/mol. The molecular weight excluding hydrogens is 469 g/mol. The average Bonchev–Trinajstić information content (AvgIpc) is 3.03. The number of primary amides is 1. The van der Waals surface area contributed by atoms with Gasteiger partial charge in [-0.15, -0.1) is 0 Å². The quantitative estimate of drug-likeness (QED) is 0.381. The summed E-state index contributed by atoms with van der Waals surface area (Å²) in [4.78, 5) is 24.4. The second kappa shape index (κ2) is 8.70. The van der Waals surface area contributed by atoms with Crippen LogP contribution >= 0.6 is 0 Å². The molecule has 1 unspecified atom stereocenters. The van der Waals surface area contributed by atoms with Crippen LogP contribution in [-0.2, 0) is 9.53 Å². The number of rotatable bonds is 5. The van der Waals surface area contributed by atoms with Gasteiger partial charge in [-0.3, -0.25) is 9.59 Å². The number of alkyl halides is 3. The molecule has 1 fully saturated rings. The maximum Gasteiger partial charge on any atom is 0.417 e. The van der Waals surface area contributed by atoms with Crippen LogP contribution in [0.3, 0.4) is 0 Å². The molecule has 3 N–H and O–H groups in total. The standard InChI is InChI=1S/C21H20F5N3O5/c1-9-14(11-4-5-12(22)15(23)16(11)33-3)17(34-20(9,2)21(24,25)26)19(31)28-10-6-7-29(32)13(8-10)18(27)30/h4-9,14,17H,1-3H3,(H2,27,30)(H,28,31)/t9-,14-,17+,20?/m1/s1. The van der Waals surface area contributed by atoms with Gasteiger partial charge in [-0.05, 0) is 13.0 Å². The summed E-state index contributed by atoms with van der Waals surface area (Å²) < 4.78 is 80.2. The van der Waals surface area contributed by atoms with E-state index in [1.54, 1.807) is 0 Å². The second-order valence-electron chi connectivity index (χ2n) is 7.92. The highest BCUT2D eigenvalue weighted by atomic mass is 19.4. The van der Waals surface area contributed by atoms with E-state index < -0.39 is 64.6 Å². The largest absolute Gasteiger partial charge is 0.618 e. The highest BCUT2D eigenvalue weighted by Crippen LogP contribution is 2.55. The number of amides is 2. The van der Waals surface area contributed by atoms with E-state index in [1.807, 2.05) is 0 Å². The fourth-order valence-corrected chi connectivity index (χ4v) is 4.00. The Kier molecular flexibility index (Phi) is 6.44. The van der Waals surface area contributed by atoms with Gasteiger partial charge in [-0.2, -0.15) is 22.3 Å². The molecule has 1 aliphatic rings. The molecule has 4 atom stereocenters. The molecule has 2 amide bonds. The number of carbonyl (C=O) groups excluding carboxylic acids is 2. The smallest absolute Gasteiger partial charge is 0.417 e. The summed E-state index contributed by atoms with van der Waals surface area (Å²) in [5, 5.41) is 13.9. The van der Waals surface area contributed by atoms with Gasteiger partial charge in [0.05, 0.1) is 12.8 Å². The van der Waals surface area contributed by atoms with E-state index in [4.69, 9.17) is 15.2 Å². The minimum atomic E-state index is -4.93. The van der Waals surface area contributed by atoms with E-state index in [1.165, 1.54) is 6.92 Å². The number of nitrogens with two attached hydrogens (primary N) is 1. The van der Waals surface area contributed by atoms with Crippen LogP contribution < -0.4 is 20.5 Å². The zero-order valence-electron chi connectivity index (χ0n) is 18.1. The lowest BCUT2D eigenvalue weighted by Gasteiger charge is -2.32. The van der Waals surface area contributed by atoms with Crippen molar-refractivity contribution in [1.82, 2.24) is 0 Å². The first-order valence-electron chi connectivity index (χ1n) is 9.83. The zero-order chi connectivity index (χ0) is 25.6. The first-order valence-corrected chi connectivity index (χ1v) is 9.83. The lowest BCUT2D eigenvalue weighted by atomic mass is 9.77. The summed E-state index contributed by atoms with van der Waals surface area (Å²) >= 11 is 0. The second-order valence-corrected chi connectivity index (χ2v) is 7.92. The first kappa shape index (κ1) is 25.1. The van der Waals surface area contributed by atoms with Crippen molar-refractivity contribution in [2.75, 3.05) is 12.4 Å². The molecule has 8 nitrogen and oxygen atoms in total. The van der Waals surface area contributed by atoms with E-state index >= 15 is 0 Å². The topological polar surface area (TPSA) is 118 Å². The van der Waals surface area contributed by atoms with E-state index in [0.717, 1.165) is 38.4 Å². The molecule has 0 bridgehead atoms. The van der Waals surface area contributed by atoms with Gasteiger partial charge in [0.15, 0.2) is 23.4 Å². The molecule has 0 radical (unpaired) electrons. The van der Waals surface area contributed by atoms with Crippen LogP contribution in [0.25, 0.3) is 0 Å². The molecule has 0 spiro atoms. The van der Waals surface area contributed by atoms with Crippen LogP contribution in [0.4, 0.5) is 27.6 Å². The van der Waals surface area contributed by atoms with Gasteiger partial charge in [0, 0.05) is 29.5 Å². The number of carbonyl (C=O) groups is 2. The van der Waals surface area contributed by atoms with Crippen LogP contribution in [0.2, 0.25) is 0 Å². The number of benzene rings is 1. The summed E-state index contributed by atoms with van der Waals surface area (Å²) in [6, 6.07) is 3.76. The van der Waals surface area contributed by atoms with Crippen molar-refractivity contribution in [2.45, 2.75) is 37.6 Å². The lowest BCUT2D eigenvalue weighted by Crippen LogP contribution is -2.47. The Morgan fingerprint density at radius 2 is 1.91 bits per heavy atom. The SMILES string of the molecule is COc1c([C@@H]2[C@@H](C(=O)Nc3cc[n+]([O-])c(C(N)=O)c3)OC(C)(C(F)(F)F)[C@@H]2C)ccc(F)c1F. The number of halogens is 5. The molecule has 3 rings (SSSR count). The summed E-state index contributed by atoms with van der Waals surface area (Å²) in [6.45, 7) is 1.92. The molecular formula is C21H20F5N3O5. The normalized spacial score (nSPS) is 24.6. The number of nitrogens with one attached hydrogen (secondary N) is 1. The van der Waals surface area contributed by atoms with Crippen molar-refractivity contribution in [3.8, 4) is 5.75 Å². The Labute approximate surface area is 190 Å². The summed E-state index contributed by atoms with van der Waals surface area (Å²) in [5.41, 5.74) is 1.40. The van der Waals surface area contributed by atoms with Crippen molar-refractivity contribution in [3.63, 3.8) is 0 Å². The predicted octanol–water partition coefficient (Wildman–Crippen LogP) is 2.78. The Bertz CT molecular complexity index is 1140. The Balaban J connectivity index is 2.08. The zero-order valence-corrected chi connectivity index (χ0v) is 18.1. The molecule has 2 heterocycles. The Morgan fingerprint density at radius 3 is 2.47 bits per heavy atom. The number of pyridine rings is 1. The molecule has 13 heteroatoms. The molecule has 1 saturated heterocycles. The van der Waals surface area contributed by atoms with Gasteiger partial charge in [0.25, 0.3) is 11.6 Å². The first-order chi connectivity index (χ1) is 15.7. The minimum absolute atomic E-state index is 0.126. The van der Waals surface area contributed by atoms with Crippen molar-refractivity contribution >= 4 is 17.5 Å². The number of hydrogen-bond acceptors (Lipinski definition) is 5. The van der Waals surface area contributed by atoms with E-state index in [-0.39, 0.29) is 16.0 Å². The van der Waals surface area contributed by atoms with Crippen molar-refractivity contribution < 1.29 is 45.7 Å². The molecule has 0 saturated carbocycles. The highest BCUT2D eigenvalue weighted by Gasteiger charge is 2.65. The van der Waals surface area contributed by atoms with Crippen LogP contribution in [0, 0.1) is 22.8 Å². The molecule has 1 aromatic heterocycles. The summed E-state index contributed by atoms with van der Waals surface area (Å²) in [6.07, 6.45) is -5.90. The number of aromatic nitrogens is 1. The third kappa shape index (κ3) is 4.11. The number of ether oxygens (including phenoxy) is 2. The molecule has 1 aliphatic heterocycles. The molecule has 0 aliphatic carbocycles. The monoisotopic (exact) mass is 489 g/mol. The van der Waals surface area contributed by atoms with Gasteiger partial charge in [0.1, 0.15) is 6.10 Å². The maximum absolute atomic E-state index is 14.4.